The van der Waals surface area contributed by atoms with Crippen molar-refractivity contribution in [1.82, 2.24) is 5.32 Å². The summed E-state index contributed by atoms with van der Waals surface area (Å²) in [6.07, 6.45) is 0.399. The standard InChI is InChI=1S/C15H23Cl2NO/c1-10(12-6-5-7-13(16)14(12)17)18-9-11(19)8-15(2,3)4/h5-7,10-11,18-19H,8-9H2,1-4H3. The van der Waals surface area contributed by atoms with Crippen molar-refractivity contribution in [3.8, 4) is 0 Å². The minimum absolute atomic E-state index is 0.0563. The molecule has 0 aliphatic heterocycles. The lowest BCUT2D eigenvalue weighted by Crippen LogP contribution is -2.31. The van der Waals surface area contributed by atoms with E-state index < -0.39 is 0 Å². The highest BCUT2D eigenvalue weighted by atomic mass is 35.5. The maximum Gasteiger partial charge on any atom is 0.0669 e. The predicted molar refractivity (Wildman–Crippen MR) is 83.0 cm³/mol. The number of hydrogen-bond donors (Lipinski definition) is 2. The summed E-state index contributed by atoms with van der Waals surface area (Å²) < 4.78 is 0. The van der Waals surface area contributed by atoms with Crippen molar-refractivity contribution in [2.75, 3.05) is 6.54 Å². The number of rotatable bonds is 5. The molecule has 2 atom stereocenters. The smallest absolute Gasteiger partial charge is 0.0669 e. The van der Waals surface area contributed by atoms with Crippen LogP contribution < -0.4 is 5.32 Å². The van der Waals surface area contributed by atoms with Gasteiger partial charge < -0.3 is 10.4 Å². The third kappa shape index (κ3) is 5.70. The van der Waals surface area contributed by atoms with Crippen LogP contribution in [0.25, 0.3) is 0 Å². The van der Waals surface area contributed by atoms with Crippen molar-refractivity contribution in [2.24, 2.45) is 5.41 Å². The normalized spacial score (nSPS) is 15.3. The van der Waals surface area contributed by atoms with Crippen LogP contribution in [-0.4, -0.2) is 17.8 Å². The monoisotopic (exact) mass is 303 g/mol. The minimum atomic E-state index is -0.361. The fraction of sp³-hybridized carbons (Fsp3) is 0.600. The van der Waals surface area contributed by atoms with Crippen LogP contribution in [0.5, 0.6) is 0 Å². The van der Waals surface area contributed by atoms with Gasteiger partial charge in [-0.1, -0.05) is 56.1 Å². The Morgan fingerprint density at radius 1 is 1.26 bits per heavy atom. The first kappa shape index (κ1) is 16.8. The van der Waals surface area contributed by atoms with Crippen molar-refractivity contribution in [3.63, 3.8) is 0 Å². The molecule has 0 aliphatic carbocycles. The van der Waals surface area contributed by atoms with Gasteiger partial charge in [0.2, 0.25) is 0 Å². The Balaban J connectivity index is 2.56. The zero-order chi connectivity index (χ0) is 14.6. The van der Waals surface area contributed by atoms with Gasteiger partial charge in [0, 0.05) is 12.6 Å². The molecule has 0 saturated carbocycles. The molecule has 4 heteroatoms. The van der Waals surface area contributed by atoms with Gasteiger partial charge in [0.1, 0.15) is 0 Å². The lowest BCUT2D eigenvalue weighted by atomic mass is 9.89. The summed E-state index contributed by atoms with van der Waals surface area (Å²) in [5.41, 5.74) is 1.08. The summed E-state index contributed by atoms with van der Waals surface area (Å²) in [6.45, 7) is 8.91. The first-order chi connectivity index (χ1) is 8.70. The van der Waals surface area contributed by atoms with Crippen LogP contribution in [0.3, 0.4) is 0 Å². The van der Waals surface area contributed by atoms with Gasteiger partial charge in [-0.2, -0.15) is 0 Å². The van der Waals surface area contributed by atoms with Gasteiger partial charge in [-0.25, -0.2) is 0 Å². The maximum absolute atomic E-state index is 9.98. The van der Waals surface area contributed by atoms with Gasteiger partial charge in [0.25, 0.3) is 0 Å². The van der Waals surface area contributed by atoms with Crippen LogP contribution in [0.4, 0.5) is 0 Å². The van der Waals surface area contributed by atoms with Crippen LogP contribution in [0.1, 0.15) is 45.7 Å². The SMILES string of the molecule is CC(NCC(O)CC(C)(C)C)c1cccc(Cl)c1Cl. The average Bonchev–Trinajstić information content (AvgIpc) is 2.27. The first-order valence-corrected chi connectivity index (χ1v) is 7.31. The van der Waals surface area contributed by atoms with Crippen molar-refractivity contribution in [1.29, 1.82) is 0 Å². The highest BCUT2D eigenvalue weighted by Crippen LogP contribution is 2.29. The topological polar surface area (TPSA) is 32.3 Å². The molecule has 0 heterocycles. The third-order valence-electron chi connectivity index (χ3n) is 2.96. The largest absolute Gasteiger partial charge is 0.392 e. The van der Waals surface area contributed by atoms with Gasteiger partial charge in [-0.15, -0.1) is 0 Å². The molecule has 0 aliphatic rings. The fourth-order valence-corrected chi connectivity index (χ4v) is 2.53. The summed E-state index contributed by atoms with van der Waals surface area (Å²) in [6, 6.07) is 5.66. The lowest BCUT2D eigenvalue weighted by Gasteiger charge is -2.24. The Hall–Kier alpha value is -0.280. The maximum atomic E-state index is 9.98. The van der Waals surface area contributed by atoms with Gasteiger partial charge in [-0.3, -0.25) is 0 Å². The van der Waals surface area contributed by atoms with Crippen LogP contribution in [0.15, 0.2) is 18.2 Å². The van der Waals surface area contributed by atoms with Crippen molar-refractivity contribution < 1.29 is 5.11 Å². The molecule has 0 fully saturated rings. The zero-order valence-corrected chi connectivity index (χ0v) is 13.5. The van der Waals surface area contributed by atoms with Gasteiger partial charge in [0.05, 0.1) is 16.1 Å². The van der Waals surface area contributed by atoms with E-state index in [-0.39, 0.29) is 17.6 Å². The van der Waals surface area contributed by atoms with E-state index in [4.69, 9.17) is 23.2 Å². The second kappa shape index (κ2) is 6.94. The summed E-state index contributed by atoms with van der Waals surface area (Å²) >= 11 is 12.2. The van der Waals surface area contributed by atoms with Gasteiger partial charge in [-0.05, 0) is 30.4 Å². The molecule has 0 amide bonds. The van der Waals surface area contributed by atoms with E-state index in [9.17, 15) is 5.11 Å². The summed E-state index contributed by atoms with van der Waals surface area (Å²) in [7, 11) is 0. The van der Waals surface area contributed by atoms with Gasteiger partial charge in [0.15, 0.2) is 0 Å². The molecular weight excluding hydrogens is 281 g/mol. The zero-order valence-electron chi connectivity index (χ0n) is 12.0. The molecule has 2 unspecified atom stereocenters. The molecule has 0 spiro atoms. The second-order valence-electron chi connectivity index (χ2n) is 6.19. The summed E-state index contributed by atoms with van der Waals surface area (Å²) in [5.74, 6) is 0. The van der Waals surface area contributed by atoms with Crippen LogP contribution in [-0.2, 0) is 0 Å². The number of aliphatic hydroxyl groups excluding tert-OH is 1. The van der Waals surface area contributed by atoms with Crippen molar-refractivity contribution in [3.05, 3.63) is 33.8 Å². The Kier molecular flexibility index (Phi) is 6.13. The number of hydrogen-bond acceptors (Lipinski definition) is 2. The minimum Gasteiger partial charge on any atom is -0.392 e. The molecule has 1 aromatic carbocycles. The third-order valence-corrected chi connectivity index (χ3v) is 3.79. The number of benzene rings is 1. The number of nitrogens with one attached hydrogen (secondary N) is 1. The molecule has 0 bridgehead atoms. The van der Waals surface area contributed by atoms with E-state index in [0.29, 0.717) is 16.6 Å². The summed E-state index contributed by atoms with van der Waals surface area (Å²) in [4.78, 5) is 0. The average molecular weight is 304 g/mol. The van der Waals surface area contributed by atoms with E-state index in [1.165, 1.54) is 0 Å². The van der Waals surface area contributed by atoms with Crippen molar-refractivity contribution in [2.45, 2.75) is 46.3 Å². The molecule has 0 aromatic heterocycles. The molecule has 1 rings (SSSR count). The Bertz CT molecular complexity index is 415. The lowest BCUT2D eigenvalue weighted by molar-refractivity contribution is 0.117. The van der Waals surface area contributed by atoms with E-state index in [1.807, 2.05) is 19.1 Å². The molecule has 2 N–H and O–H groups in total. The van der Waals surface area contributed by atoms with Crippen LogP contribution in [0, 0.1) is 5.41 Å². The second-order valence-corrected chi connectivity index (χ2v) is 6.98. The Labute approximate surface area is 126 Å². The van der Waals surface area contributed by atoms with Crippen molar-refractivity contribution >= 4 is 23.2 Å². The van der Waals surface area contributed by atoms with Crippen LogP contribution >= 0.6 is 23.2 Å². The van der Waals surface area contributed by atoms with Crippen LogP contribution in [0.2, 0.25) is 10.0 Å². The molecule has 0 saturated heterocycles. The molecule has 0 radical (unpaired) electrons. The molecule has 19 heavy (non-hydrogen) atoms. The van der Waals surface area contributed by atoms with E-state index in [2.05, 4.69) is 26.1 Å². The fourth-order valence-electron chi connectivity index (χ4n) is 2.06. The van der Waals surface area contributed by atoms with E-state index in [0.717, 1.165) is 12.0 Å². The molecule has 108 valence electrons. The quantitative estimate of drug-likeness (QED) is 0.843. The number of aliphatic hydroxyl groups is 1. The van der Waals surface area contributed by atoms with Gasteiger partial charge >= 0.3 is 0 Å². The van der Waals surface area contributed by atoms with E-state index >= 15 is 0 Å². The number of halogens is 2. The molecule has 2 nitrogen and oxygen atoms in total. The Morgan fingerprint density at radius 3 is 2.47 bits per heavy atom. The predicted octanol–water partition coefficient (Wildman–Crippen LogP) is 4.44. The summed E-state index contributed by atoms with van der Waals surface area (Å²) in [5, 5.41) is 14.4. The van der Waals surface area contributed by atoms with E-state index in [1.54, 1.807) is 6.07 Å². The highest BCUT2D eigenvalue weighted by Gasteiger charge is 2.18. The molecule has 1 aromatic rings. The Morgan fingerprint density at radius 2 is 1.89 bits per heavy atom. The highest BCUT2D eigenvalue weighted by molar-refractivity contribution is 6.42. The molecular formula is C15H23Cl2NO. The first-order valence-electron chi connectivity index (χ1n) is 6.56.